The Balaban J connectivity index is 2.11. The summed E-state index contributed by atoms with van der Waals surface area (Å²) in [6, 6.07) is 12.3. The first kappa shape index (κ1) is 13.2. The van der Waals surface area contributed by atoms with E-state index in [0.29, 0.717) is 11.6 Å². The average Bonchev–Trinajstić information content (AvgIpc) is 2.37. The number of carbonyl (C=O) groups is 1. The highest BCUT2D eigenvalue weighted by molar-refractivity contribution is 6.31. The Morgan fingerprint density at radius 2 is 2.00 bits per heavy atom. The van der Waals surface area contributed by atoms with E-state index in [9.17, 15) is 4.79 Å². The van der Waals surface area contributed by atoms with Gasteiger partial charge in [0, 0.05) is 22.9 Å². The predicted molar refractivity (Wildman–Crippen MR) is 76.6 cm³/mol. The lowest BCUT2D eigenvalue weighted by Gasteiger charge is -2.09. The van der Waals surface area contributed by atoms with Gasteiger partial charge in [-0.1, -0.05) is 29.8 Å². The molecule has 0 aliphatic heterocycles. The molecule has 0 bridgehead atoms. The summed E-state index contributed by atoms with van der Waals surface area (Å²) in [5.41, 5.74) is 7.72. The number of nitrogen functional groups attached to an aromatic ring is 1. The first-order valence-electron chi connectivity index (χ1n) is 5.68. The van der Waals surface area contributed by atoms with Crippen LogP contribution in [0.2, 0.25) is 5.02 Å². The van der Waals surface area contributed by atoms with Crippen LogP contribution in [0, 0.1) is 0 Å². The van der Waals surface area contributed by atoms with Crippen molar-refractivity contribution >= 4 is 28.9 Å². The number of aromatic carboxylic acids is 1. The van der Waals surface area contributed by atoms with Crippen LogP contribution in [-0.2, 0) is 6.54 Å². The summed E-state index contributed by atoms with van der Waals surface area (Å²) in [6.07, 6.45) is 0. The van der Waals surface area contributed by atoms with E-state index in [1.807, 2.05) is 24.3 Å². The zero-order valence-corrected chi connectivity index (χ0v) is 10.8. The van der Waals surface area contributed by atoms with Crippen molar-refractivity contribution in [1.82, 2.24) is 0 Å². The van der Waals surface area contributed by atoms with E-state index in [1.54, 1.807) is 12.1 Å². The molecule has 0 unspecified atom stereocenters. The zero-order valence-electron chi connectivity index (χ0n) is 10.1. The van der Waals surface area contributed by atoms with Gasteiger partial charge in [-0.15, -0.1) is 0 Å². The second-order valence-corrected chi connectivity index (χ2v) is 4.46. The first-order valence-corrected chi connectivity index (χ1v) is 6.06. The molecule has 19 heavy (non-hydrogen) atoms. The number of halogens is 1. The number of hydrogen-bond acceptors (Lipinski definition) is 3. The van der Waals surface area contributed by atoms with Crippen LogP contribution in [0.15, 0.2) is 42.5 Å². The largest absolute Gasteiger partial charge is 0.478 e. The Morgan fingerprint density at radius 3 is 2.63 bits per heavy atom. The molecule has 5 heteroatoms. The molecule has 0 saturated heterocycles. The molecule has 2 aromatic carbocycles. The van der Waals surface area contributed by atoms with Crippen molar-refractivity contribution in [2.45, 2.75) is 6.54 Å². The Bertz CT molecular complexity index is 614. The Hall–Kier alpha value is -2.20. The number of rotatable bonds is 4. The van der Waals surface area contributed by atoms with E-state index in [1.165, 1.54) is 6.07 Å². The van der Waals surface area contributed by atoms with E-state index < -0.39 is 5.97 Å². The van der Waals surface area contributed by atoms with Gasteiger partial charge in [-0.05, 0) is 29.8 Å². The van der Waals surface area contributed by atoms with Crippen LogP contribution >= 0.6 is 11.6 Å². The fourth-order valence-electron chi connectivity index (χ4n) is 1.71. The molecule has 0 spiro atoms. The second kappa shape index (κ2) is 5.63. The first-order chi connectivity index (χ1) is 9.08. The molecule has 2 rings (SSSR count). The number of nitrogens with two attached hydrogens (primary N) is 1. The van der Waals surface area contributed by atoms with Gasteiger partial charge in [-0.3, -0.25) is 0 Å². The van der Waals surface area contributed by atoms with E-state index in [2.05, 4.69) is 5.32 Å². The molecule has 0 fully saturated rings. The van der Waals surface area contributed by atoms with Crippen LogP contribution in [0.5, 0.6) is 0 Å². The van der Waals surface area contributed by atoms with Crippen LogP contribution in [-0.4, -0.2) is 11.1 Å². The molecule has 0 aliphatic carbocycles. The smallest absolute Gasteiger partial charge is 0.337 e. The summed E-state index contributed by atoms with van der Waals surface area (Å²) < 4.78 is 0. The molecule has 0 amide bonds. The summed E-state index contributed by atoms with van der Waals surface area (Å²) in [6.45, 7) is 0.547. The van der Waals surface area contributed by atoms with Crippen LogP contribution in [0.25, 0.3) is 0 Å². The molecule has 0 aromatic heterocycles. The molecular formula is C14H13ClN2O2. The Morgan fingerprint density at radius 1 is 1.26 bits per heavy atom. The van der Waals surface area contributed by atoms with E-state index >= 15 is 0 Å². The molecule has 4 N–H and O–H groups in total. The molecule has 0 aliphatic rings. The summed E-state index contributed by atoms with van der Waals surface area (Å²) in [7, 11) is 0. The fraction of sp³-hybridized carbons (Fsp3) is 0.0714. The lowest BCUT2D eigenvalue weighted by Crippen LogP contribution is -2.05. The summed E-state index contributed by atoms with van der Waals surface area (Å²) in [4.78, 5) is 10.8. The maximum Gasteiger partial charge on any atom is 0.337 e. The lowest BCUT2D eigenvalue weighted by atomic mass is 10.1. The molecule has 98 valence electrons. The minimum Gasteiger partial charge on any atom is -0.478 e. The van der Waals surface area contributed by atoms with Gasteiger partial charge in [0.15, 0.2) is 0 Å². The number of anilines is 2. The molecule has 0 radical (unpaired) electrons. The van der Waals surface area contributed by atoms with E-state index in [-0.39, 0.29) is 11.3 Å². The summed E-state index contributed by atoms with van der Waals surface area (Å²) >= 11 is 6.05. The third kappa shape index (κ3) is 3.17. The van der Waals surface area contributed by atoms with Crippen molar-refractivity contribution in [3.8, 4) is 0 Å². The van der Waals surface area contributed by atoms with Gasteiger partial charge in [0.1, 0.15) is 0 Å². The molecule has 0 atom stereocenters. The Kier molecular flexibility index (Phi) is 3.92. The topological polar surface area (TPSA) is 75.3 Å². The maximum absolute atomic E-state index is 10.8. The van der Waals surface area contributed by atoms with Crippen LogP contribution in [0.4, 0.5) is 11.4 Å². The number of hydrogen-bond donors (Lipinski definition) is 3. The Labute approximate surface area is 115 Å². The van der Waals surface area contributed by atoms with Crippen LogP contribution < -0.4 is 11.1 Å². The number of benzene rings is 2. The molecule has 2 aromatic rings. The highest BCUT2D eigenvalue weighted by Gasteiger charge is 2.08. The molecule has 0 saturated carbocycles. The predicted octanol–water partition coefficient (Wildman–Crippen LogP) is 3.23. The lowest BCUT2D eigenvalue weighted by molar-refractivity contribution is 0.0698. The van der Waals surface area contributed by atoms with Crippen molar-refractivity contribution in [1.29, 1.82) is 0 Å². The van der Waals surface area contributed by atoms with Gasteiger partial charge < -0.3 is 16.2 Å². The van der Waals surface area contributed by atoms with Crippen molar-refractivity contribution < 1.29 is 9.90 Å². The van der Waals surface area contributed by atoms with Gasteiger partial charge in [-0.2, -0.15) is 0 Å². The minimum atomic E-state index is -1.03. The maximum atomic E-state index is 10.8. The second-order valence-electron chi connectivity index (χ2n) is 4.05. The van der Waals surface area contributed by atoms with Gasteiger partial charge >= 0.3 is 5.97 Å². The molecule has 4 nitrogen and oxygen atoms in total. The van der Waals surface area contributed by atoms with Gasteiger partial charge in [-0.25, -0.2) is 4.79 Å². The molecule has 0 heterocycles. The van der Waals surface area contributed by atoms with Crippen LogP contribution in [0.3, 0.4) is 0 Å². The fourth-order valence-corrected chi connectivity index (χ4v) is 1.91. The number of nitrogens with one attached hydrogen (secondary N) is 1. The van der Waals surface area contributed by atoms with Crippen LogP contribution in [0.1, 0.15) is 15.9 Å². The summed E-state index contributed by atoms with van der Waals surface area (Å²) in [5.74, 6) is -1.03. The minimum absolute atomic E-state index is 0.100. The van der Waals surface area contributed by atoms with Crippen molar-refractivity contribution in [3.63, 3.8) is 0 Å². The average molecular weight is 277 g/mol. The third-order valence-electron chi connectivity index (χ3n) is 2.72. The third-order valence-corrected chi connectivity index (χ3v) is 3.09. The monoisotopic (exact) mass is 276 g/mol. The summed E-state index contributed by atoms with van der Waals surface area (Å²) in [5, 5.41) is 12.7. The van der Waals surface area contributed by atoms with Gasteiger partial charge in [0.2, 0.25) is 0 Å². The van der Waals surface area contributed by atoms with Crippen molar-refractivity contribution in [2.24, 2.45) is 0 Å². The normalized spacial score (nSPS) is 10.2. The van der Waals surface area contributed by atoms with E-state index in [4.69, 9.17) is 22.4 Å². The SMILES string of the molecule is Nc1cc(NCc2ccccc2Cl)ccc1C(=O)O. The van der Waals surface area contributed by atoms with Crippen molar-refractivity contribution in [3.05, 3.63) is 58.6 Å². The molecular weight excluding hydrogens is 264 g/mol. The quantitative estimate of drug-likeness (QED) is 0.750. The highest BCUT2D eigenvalue weighted by atomic mass is 35.5. The van der Waals surface area contributed by atoms with Gasteiger partial charge in [0.25, 0.3) is 0 Å². The van der Waals surface area contributed by atoms with Gasteiger partial charge in [0.05, 0.1) is 5.56 Å². The van der Waals surface area contributed by atoms with E-state index in [0.717, 1.165) is 11.3 Å². The number of carboxylic acid groups (broad SMARTS) is 1. The number of carboxylic acids is 1. The zero-order chi connectivity index (χ0) is 13.8. The highest BCUT2D eigenvalue weighted by Crippen LogP contribution is 2.20. The standard InChI is InChI=1S/C14H13ClN2O2/c15-12-4-2-1-3-9(12)8-17-10-5-6-11(14(18)19)13(16)7-10/h1-7,17H,8,16H2,(H,18,19). The van der Waals surface area contributed by atoms with Crippen molar-refractivity contribution in [2.75, 3.05) is 11.1 Å².